The molecule has 2 unspecified atom stereocenters. The summed E-state index contributed by atoms with van der Waals surface area (Å²) in [4.78, 5) is 0. The molecule has 0 N–H and O–H groups in total. The van der Waals surface area contributed by atoms with E-state index in [0.717, 1.165) is 6.26 Å². The van der Waals surface area contributed by atoms with E-state index in [1.807, 2.05) is 0 Å². The predicted octanol–water partition coefficient (Wildman–Crippen LogP) is 0.756. The topological polar surface area (TPSA) is 93.5 Å². The van der Waals surface area contributed by atoms with Gasteiger partial charge in [0.2, 0.25) is 0 Å². The fraction of sp³-hybridized carbons (Fsp3) is 0.857. The maximum Gasteiger partial charge on any atom is 0.265 e. The lowest BCUT2D eigenvalue weighted by Crippen LogP contribution is -2.16. The van der Waals surface area contributed by atoms with E-state index in [4.69, 9.17) is 9.79 Å². The van der Waals surface area contributed by atoms with E-state index >= 15 is 0 Å². The average molecular weight is 255 g/mol. The molecule has 0 aliphatic heterocycles. The molecule has 0 aliphatic carbocycles. The molecule has 0 spiro atoms. The summed E-state index contributed by atoms with van der Waals surface area (Å²) in [6.45, 7) is 2.04. The van der Waals surface area contributed by atoms with Gasteiger partial charge in [-0.15, -0.1) is 0 Å². The lowest BCUT2D eigenvalue weighted by Gasteiger charge is -2.07. The lowest BCUT2D eigenvalue weighted by atomic mass is 10.3. The summed E-state index contributed by atoms with van der Waals surface area (Å²) < 4.78 is 41.7. The molecule has 6 nitrogen and oxygen atoms in total. The molecule has 0 fully saturated rings. The van der Waals surface area contributed by atoms with Crippen molar-refractivity contribution in [2.45, 2.75) is 19.4 Å². The van der Waals surface area contributed by atoms with Crippen LogP contribution in [0.1, 0.15) is 13.3 Å². The molecule has 0 bridgehead atoms. The van der Waals surface area contributed by atoms with Gasteiger partial charge in [-0.2, -0.15) is 13.7 Å². The first-order chi connectivity index (χ1) is 6.89. The maximum absolute atomic E-state index is 11.1. The van der Waals surface area contributed by atoms with Crippen LogP contribution in [0.2, 0.25) is 0 Å². The Morgan fingerprint density at radius 1 is 1.53 bits per heavy atom. The zero-order valence-corrected chi connectivity index (χ0v) is 10.4. The minimum absolute atomic E-state index is 0.0847. The first kappa shape index (κ1) is 14.6. The van der Waals surface area contributed by atoms with E-state index in [-0.39, 0.29) is 12.6 Å². The highest BCUT2D eigenvalue weighted by Gasteiger charge is 2.15. The molecule has 15 heavy (non-hydrogen) atoms. The third kappa shape index (κ3) is 8.58. The van der Waals surface area contributed by atoms with Crippen LogP contribution in [0.15, 0.2) is 0 Å². The minimum atomic E-state index is -3.65. The van der Waals surface area contributed by atoms with E-state index in [9.17, 15) is 13.0 Å². The van der Waals surface area contributed by atoms with Crippen molar-refractivity contribution in [1.29, 1.82) is 5.26 Å². The molecule has 0 radical (unpaired) electrons. The van der Waals surface area contributed by atoms with E-state index in [2.05, 4.69) is 4.18 Å². The van der Waals surface area contributed by atoms with Crippen molar-refractivity contribution in [1.82, 2.24) is 0 Å². The Morgan fingerprint density at radius 3 is 2.53 bits per heavy atom. The summed E-state index contributed by atoms with van der Waals surface area (Å²) >= 11 is 0. The van der Waals surface area contributed by atoms with Gasteiger partial charge in [-0.25, -0.2) is 0 Å². The lowest BCUT2D eigenvalue weighted by molar-refractivity contribution is 0.258. The Hall–Kier alpha value is -0.410. The molecule has 0 aromatic carbocycles. The maximum atomic E-state index is 11.1. The van der Waals surface area contributed by atoms with Gasteiger partial charge in [0.25, 0.3) is 10.1 Å². The van der Waals surface area contributed by atoms with Crippen molar-refractivity contribution < 1.29 is 21.7 Å². The first-order valence-electron chi connectivity index (χ1n) is 4.32. The summed E-state index contributed by atoms with van der Waals surface area (Å²) in [5, 5.41) is 8.56. The van der Waals surface area contributed by atoms with E-state index in [0.29, 0.717) is 6.61 Å². The van der Waals surface area contributed by atoms with Crippen LogP contribution >= 0.6 is 8.03 Å². The van der Waals surface area contributed by atoms with Crippen LogP contribution < -0.4 is 0 Å². The van der Waals surface area contributed by atoms with Gasteiger partial charge in [-0.3, -0.25) is 8.75 Å². The summed E-state index contributed by atoms with van der Waals surface area (Å²) in [5.74, 6) is 0. The normalized spacial score (nSPS) is 15.5. The molecule has 0 aromatic heterocycles. The molecule has 0 saturated heterocycles. The van der Waals surface area contributed by atoms with Crippen molar-refractivity contribution >= 4 is 18.1 Å². The first-order valence-corrected chi connectivity index (χ1v) is 7.66. The fourth-order valence-electron chi connectivity index (χ4n) is 0.827. The smallest absolute Gasteiger partial charge is 0.265 e. The third-order valence-electron chi connectivity index (χ3n) is 1.35. The molecule has 0 heterocycles. The van der Waals surface area contributed by atoms with Crippen LogP contribution in [0.4, 0.5) is 0 Å². The average Bonchev–Trinajstić information content (AvgIpc) is 2.11. The van der Waals surface area contributed by atoms with Gasteiger partial charge in [0.15, 0.2) is 14.1 Å². The zero-order valence-electron chi connectivity index (χ0n) is 8.60. The second-order valence-corrected chi connectivity index (χ2v) is 5.90. The van der Waals surface area contributed by atoms with Gasteiger partial charge in [0.1, 0.15) is 0 Å². The van der Waals surface area contributed by atoms with Gasteiger partial charge in [-0.05, 0) is 13.3 Å². The molecule has 0 amide bonds. The largest absolute Gasteiger partial charge is 0.331 e. The monoisotopic (exact) mass is 255 g/mol. The Bertz CT molecular complexity index is 347. The molecule has 0 saturated carbocycles. The molecule has 8 heteroatoms. The van der Waals surface area contributed by atoms with Gasteiger partial charge in [0.05, 0.1) is 18.9 Å². The van der Waals surface area contributed by atoms with Crippen molar-refractivity contribution in [3.63, 3.8) is 0 Å². The van der Waals surface area contributed by atoms with Gasteiger partial charge in [-0.1, -0.05) is 0 Å². The van der Waals surface area contributed by atoms with E-state index in [1.54, 1.807) is 13.0 Å². The highest BCUT2D eigenvalue weighted by molar-refractivity contribution is 7.86. The van der Waals surface area contributed by atoms with E-state index < -0.39 is 24.3 Å². The minimum Gasteiger partial charge on any atom is -0.331 e. The summed E-state index contributed by atoms with van der Waals surface area (Å²) in [7, 11) is -5.83. The van der Waals surface area contributed by atoms with Gasteiger partial charge >= 0.3 is 0 Å². The fourth-order valence-corrected chi connectivity index (χ4v) is 2.35. The van der Waals surface area contributed by atoms with Crippen molar-refractivity contribution in [2.75, 3.05) is 19.0 Å². The van der Waals surface area contributed by atoms with Crippen molar-refractivity contribution in [2.24, 2.45) is 0 Å². The number of rotatable bonds is 7. The highest BCUT2D eigenvalue weighted by atomic mass is 32.2. The number of hydrogen-bond acceptors (Lipinski definition) is 6. The van der Waals surface area contributed by atoms with Crippen molar-refractivity contribution in [3.8, 4) is 6.07 Å². The highest BCUT2D eigenvalue weighted by Crippen LogP contribution is 2.23. The summed E-state index contributed by atoms with van der Waals surface area (Å²) in [6.07, 6.45) is 0.00530. The molecular weight excluding hydrogens is 241 g/mol. The van der Waals surface area contributed by atoms with E-state index in [1.165, 1.54) is 0 Å². The van der Waals surface area contributed by atoms with Crippen LogP contribution in [0, 0.1) is 11.3 Å². The third-order valence-corrected chi connectivity index (χ3v) is 3.24. The van der Waals surface area contributed by atoms with Crippen LogP contribution in [0.25, 0.3) is 0 Å². The summed E-state index contributed by atoms with van der Waals surface area (Å²) in [6, 6.07) is 1.68. The molecule has 88 valence electrons. The Balaban J connectivity index is 4.03. The molecule has 0 aromatic rings. The number of hydrogen-bond donors (Lipinski definition) is 0. The molecule has 0 aliphatic rings. The van der Waals surface area contributed by atoms with Crippen LogP contribution in [-0.2, 0) is 23.4 Å². The summed E-state index contributed by atoms with van der Waals surface area (Å²) in [5.41, 5.74) is 0. The Labute approximate surface area is 90.2 Å². The second kappa shape index (κ2) is 6.96. The number of nitrogens with zero attached hydrogens (tertiary/aromatic N) is 1. The molecular formula is C7H14NO5PS. The molecule has 2 atom stereocenters. The Morgan fingerprint density at radius 2 is 2.13 bits per heavy atom. The van der Waals surface area contributed by atoms with Gasteiger partial charge < -0.3 is 4.52 Å². The standard InChI is InChI=1S/C7H14NO5PS/c1-3-12-14(9)5-4-7(6-8)13-15(2,10)11/h7,14H,3-5H2,1-2H3. The van der Waals surface area contributed by atoms with Crippen LogP contribution in [-0.4, -0.2) is 33.5 Å². The van der Waals surface area contributed by atoms with Crippen molar-refractivity contribution in [3.05, 3.63) is 0 Å². The SMILES string of the molecule is CCO[PH](=O)CCC(C#N)OS(C)(=O)=O. The van der Waals surface area contributed by atoms with Crippen LogP contribution in [0.3, 0.4) is 0 Å². The van der Waals surface area contributed by atoms with Gasteiger partial charge in [0, 0.05) is 6.16 Å². The Kier molecular flexibility index (Phi) is 6.77. The van der Waals surface area contributed by atoms with Crippen LogP contribution in [0.5, 0.6) is 0 Å². The zero-order chi connectivity index (χ0) is 11.9. The predicted molar refractivity (Wildman–Crippen MR) is 55.4 cm³/mol. The second-order valence-electron chi connectivity index (χ2n) is 2.76. The number of nitriles is 1. The molecule has 0 rings (SSSR count). The quantitative estimate of drug-likeness (QED) is 0.492.